The van der Waals surface area contributed by atoms with E-state index in [1.807, 2.05) is 6.92 Å². The lowest BCUT2D eigenvalue weighted by Crippen LogP contribution is -2.32. The Morgan fingerprint density at radius 1 is 1.35 bits per heavy atom. The zero-order valence-electron chi connectivity index (χ0n) is 14.5. The van der Waals surface area contributed by atoms with E-state index in [1.165, 1.54) is 24.1 Å². The molecule has 0 bridgehead atoms. The van der Waals surface area contributed by atoms with Crippen molar-refractivity contribution in [2.45, 2.75) is 20.0 Å². The highest BCUT2D eigenvalue weighted by Gasteiger charge is 2.30. The Morgan fingerprint density at radius 3 is 2.77 bits per heavy atom. The molecule has 0 unspecified atom stereocenters. The first-order valence-corrected chi connectivity index (χ1v) is 8.42. The number of hydrogen-bond donors (Lipinski definition) is 1. The molecule has 26 heavy (non-hydrogen) atoms. The molecule has 0 saturated carbocycles. The number of nitrogens with one attached hydrogen (secondary N) is 1. The predicted octanol–water partition coefficient (Wildman–Crippen LogP) is 2.78. The van der Waals surface area contributed by atoms with Crippen molar-refractivity contribution in [1.82, 2.24) is 10.2 Å². The summed E-state index contributed by atoms with van der Waals surface area (Å²) in [5.74, 6) is -0.192. The molecule has 1 saturated heterocycles. The SMILES string of the molecule is CCOCCCN1C(=O)/C(=C\c2ccc(OC(F)F)c(OC)c2)NC1=S. The maximum absolute atomic E-state index is 12.5. The average molecular weight is 386 g/mol. The van der Waals surface area contributed by atoms with Crippen molar-refractivity contribution in [2.75, 3.05) is 26.9 Å². The summed E-state index contributed by atoms with van der Waals surface area (Å²) in [6.45, 7) is 0.570. The van der Waals surface area contributed by atoms with Crippen molar-refractivity contribution in [3.05, 3.63) is 29.5 Å². The lowest BCUT2D eigenvalue weighted by atomic mass is 10.1. The highest BCUT2D eigenvalue weighted by Crippen LogP contribution is 2.30. The molecule has 0 aromatic heterocycles. The van der Waals surface area contributed by atoms with Crippen molar-refractivity contribution in [3.63, 3.8) is 0 Å². The van der Waals surface area contributed by atoms with Gasteiger partial charge in [0.25, 0.3) is 5.91 Å². The number of halogens is 2. The van der Waals surface area contributed by atoms with Crippen molar-refractivity contribution < 1.29 is 27.8 Å². The van der Waals surface area contributed by atoms with Crippen molar-refractivity contribution in [2.24, 2.45) is 0 Å². The van der Waals surface area contributed by atoms with Crippen molar-refractivity contribution in [1.29, 1.82) is 0 Å². The molecule has 1 heterocycles. The van der Waals surface area contributed by atoms with Crippen LogP contribution in [0.4, 0.5) is 8.78 Å². The van der Waals surface area contributed by atoms with Gasteiger partial charge in [0, 0.05) is 19.8 Å². The third-order valence-electron chi connectivity index (χ3n) is 3.55. The third kappa shape index (κ3) is 5.12. The van der Waals surface area contributed by atoms with E-state index in [-0.39, 0.29) is 17.4 Å². The van der Waals surface area contributed by atoms with Crippen LogP contribution in [0.1, 0.15) is 18.9 Å². The van der Waals surface area contributed by atoms with Crippen molar-refractivity contribution >= 4 is 29.3 Å². The number of alkyl halides is 2. The fourth-order valence-corrected chi connectivity index (χ4v) is 2.66. The Balaban J connectivity index is 2.11. The molecule has 1 amide bonds. The number of thiocarbonyl (C=S) groups is 1. The van der Waals surface area contributed by atoms with Crippen LogP contribution in [-0.4, -0.2) is 49.4 Å². The number of rotatable bonds is 9. The van der Waals surface area contributed by atoms with Crippen LogP contribution in [0.3, 0.4) is 0 Å². The summed E-state index contributed by atoms with van der Waals surface area (Å²) in [6.07, 6.45) is 2.24. The normalized spacial score (nSPS) is 15.7. The van der Waals surface area contributed by atoms with E-state index >= 15 is 0 Å². The highest BCUT2D eigenvalue weighted by atomic mass is 32.1. The quantitative estimate of drug-likeness (QED) is 0.400. The largest absolute Gasteiger partial charge is 0.493 e. The van der Waals surface area contributed by atoms with Gasteiger partial charge in [0.2, 0.25) is 0 Å². The Bertz CT molecular complexity index is 697. The maximum Gasteiger partial charge on any atom is 0.387 e. The molecule has 0 radical (unpaired) electrons. The maximum atomic E-state index is 12.5. The first kappa shape index (κ1) is 20.1. The summed E-state index contributed by atoms with van der Waals surface area (Å²) >= 11 is 5.19. The van der Waals surface area contributed by atoms with Crippen LogP contribution >= 0.6 is 12.2 Å². The van der Waals surface area contributed by atoms with Gasteiger partial charge in [-0.05, 0) is 49.3 Å². The lowest BCUT2D eigenvalue weighted by molar-refractivity contribution is -0.122. The zero-order chi connectivity index (χ0) is 19.1. The molecule has 6 nitrogen and oxygen atoms in total. The van der Waals surface area contributed by atoms with Crippen LogP contribution in [0, 0.1) is 0 Å². The molecule has 1 fully saturated rings. The third-order valence-corrected chi connectivity index (χ3v) is 3.87. The van der Waals surface area contributed by atoms with Gasteiger partial charge in [0.15, 0.2) is 16.6 Å². The van der Waals surface area contributed by atoms with Gasteiger partial charge in [0.1, 0.15) is 5.70 Å². The second kappa shape index (κ2) is 9.44. The predicted molar refractivity (Wildman–Crippen MR) is 96.2 cm³/mol. The fraction of sp³-hybridized carbons (Fsp3) is 0.412. The molecule has 1 aliphatic heterocycles. The molecule has 1 aromatic carbocycles. The molecule has 2 rings (SSSR count). The van der Waals surface area contributed by atoms with E-state index in [0.717, 1.165) is 0 Å². The number of ether oxygens (including phenoxy) is 3. The Hall–Kier alpha value is -2.26. The monoisotopic (exact) mass is 386 g/mol. The van der Waals surface area contributed by atoms with Gasteiger partial charge in [-0.3, -0.25) is 9.69 Å². The van der Waals surface area contributed by atoms with Gasteiger partial charge in [-0.2, -0.15) is 8.78 Å². The summed E-state index contributed by atoms with van der Waals surface area (Å²) in [7, 11) is 1.35. The van der Waals surface area contributed by atoms with Gasteiger partial charge < -0.3 is 19.5 Å². The smallest absolute Gasteiger partial charge is 0.387 e. The van der Waals surface area contributed by atoms with Crippen LogP contribution in [0.2, 0.25) is 0 Å². The van der Waals surface area contributed by atoms with Gasteiger partial charge in [0.05, 0.1) is 7.11 Å². The first-order valence-electron chi connectivity index (χ1n) is 8.01. The first-order chi connectivity index (χ1) is 12.5. The molecule has 9 heteroatoms. The van der Waals surface area contributed by atoms with Crippen molar-refractivity contribution in [3.8, 4) is 11.5 Å². The lowest BCUT2D eigenvalue weighted by Gasteiger charge is -2.13. The van der Waals surface area contributed by atoms with E-state index in [2.05, 4.69) is 10.1 Å². The van der Waals surface area contributed by atoms with Gasteiger partial charge in [-0.1, -0.05) is 6.07 Å². The summed E-state index contributed by atoms with van der Waals surface area (Å²) in [4.78, 5) is 13.9. The average Bonchev–Trinajstić information content (AvgIpc) is 2.86. The summed E-state index contributed by atoms with van der Waals surface area (Å²) in [5, 5.41) is 3.19. The van der Waals surface area contributed by atoms with Crippen LogP contribution in [0.15, 0.2) is 23.9 Å². The zero-order valence-corrected chi connectivity index (χ0v) is 15.3. The van der Waals surface area contributed by atoms with E-state index < -0.39 is 6.61 Å². The summed E-state index contributed by atoms with van der Waals surface area (Å²) < 4.78 is 39.4. The molecule has 1 aromatic rings. The molecule has 0 spiro atoms. The van der Waals surface area contributed by atoms with Crippen LogP contribution in [0.5, 0.6) is 11.5 Å². The Labute approximate surface area is 155 Å². The number of amides is 1. The van der Waals surface area contributed by atoms with E-state index in [0.29, 0.717) is 42.6 Å². The fourth-order valence-electron chi connectivity index (χ4n) is 2.38. The number of nitrogens with zero attached hydrogens (tertiary/aromatic N) is 1. The summed E-state index contributed by atoms with van der Waals surface area (Å²) in [6, 6.07) is 4.40. The topological polar surface area (TPSA) is 60.0 Å². The van der Waals surface area contributed by atoms with E-state index in [4.69, 9.17) is 21.7 Å². The number of benzene rings is 1. The number of carbonyl (C=O) groups is 1. The van der Waals surface area contributed by atoms with Gasteiger partial charge in [-0.25, -0.2) is 0 Å². The second-order valence-electron chi connectivity index (χ2n) is 5.28. The van der Waals surface area contributed by atoms with Gasteiger partial charge in [-0.15, -0.1) is 0 Å². The molecule has 1 aliphatic rings. The number of hydrogen-bond acceptors (Lipinski definition) is 5. The number of methoxy groups -OCH3 is 1. The molecule has 142 valence electrons. The second-order valence-corrected chi connectivity index (χ2v) is 5.67. The molecule has 0 aliphatic carbocycles. The van der Waals surface area contributed by atoms with E-state index in [9.17, 15) is 13.6 Å². The van der Waals surface area contributed by atoms with Crippen LogP contribution < -0.4 is 14.8 Å². The minimum Gasteiger partial charge on any atom is -0.493 e. The standard InChI is InChI=1S/C17H20F2N2O4S/c1-3-24-8-4-7-21-15(22)12(20-17(21)26)9-11-5-6-13(25-16(18)19)14(10-11)23-2/h5-6,9-10,16H,3-4,7-8H2,1-2H3,(H,20,26)/b12-9+. The molecule has 1 N–H and O–H groups in total. The Kier molecular flexibility index (Phi) is 7.28. The molecule has 0 atom stereocenters. The molecular formula is C17H20F2N2O4S. The van der Waals surface area contributed by atoms with E-state index in [1.54, 1.807) is 12.1 Å². The van der Waals surface area contributed by atoms with Crippen LogP contribution in [-0.2, 0) is 9.53 Å². The molecular weight excluding hydrogens is 366 g/mol. The van der Waals surface area contributed by atoms with Gasteiger partial charge >= 0.3 is 6.61 Å². The minimum atomic E-state index is -2.95. The van der Waals surface area contributed by atoms with Crippen LogP contribution in [0.25, 0.3) is 6.08 Å². The summed E-state index contributed by atoms with van der Waals surface area (Å²) in [5.41, 5.74) is 0.884. The Morgan fingerprint density at radius 2 is 2.12 bits per heavy atom. The minimum absolute atomic E-state index is 0.0802. The highest BCUT2D eigenvalue weighted by molar-refractivity contribution is 7.80. The number of carbonyl (C=O) groups excluding carboxylic acids is 1.